The molecular formula is C21H27ClN4O2S. The van der Waals surface area contributed by atoms with Crippen LogP contribution in [0.4, 0.5) is 5.13 Å². The maximum Gasteiger partial charge on any atom is 0.227 e. The average molecular weight is 435 g/mol. The topological polar surface area (TPSA) is 58.6 Å². The minimum Gasteiger partial charge on any atom is -0.372 e. The van der Waals surface area contributed by atoms with Crippen LogP contribution in [0.25, 0.3) is 0 Å². The molecule has 0 aliphatic carbocycles. The lowest BCUT2D eigenvalue weighted by Gasteiger charge is -2.39. The van der Waals surface area contributed by atoms with E-state index in [1.165, 1.54) is 11.5 Å². The molecule has 0 spiro atoms. The van der Waals surface area contributed by atoms with Crippen molar-refractivity contribution in [1.29, 1.82) is 0 Å². The minimum absolute atomic E-state index is 0.0184. The molecule has 1 amide bonds. The molecule has 2 aromatic rings. The number of morpholine rings is 1. The Balaban J connectivity index is 1.39. The van der Waals surface area contributed by atoms with E-state index >= 15 is 0 Å². The van der Waals surface area contributed by atoms with Crippen LogP contribution in [-0.2, 0) is 16.0 Å². The van der Waals surface area contributed by atoms with Crippen molar-refractivity contribution in [2.45, 2.75) is 45.3 Å². The predicted octanol–water partition coefficient (Wildman–Crippen LogP) is 3.63. The summed E-state index contributed by atoms with van der Waals surface area (Å²) in [7, 11) is 0. The molecule has 6 nitrogen and oxygen atoms in total. The van der Waals surface area contributed by atoms with Crippen molar-refractivity contribution in [1.82, 2.24) is 14.3 Å². The van der Waals surface area contributed by atoms with Crippen molar-refractivity contribution in [3.05, 3.63) is 40.7 Å². The molecule has 8 heteroatoms. The Bertz CT molecular complexity index is 833. The smallest absolute Gasteiger partial charge is 0.227 e. The van der Waals surface area contributed by atoms with Crippen LogP contribution < -0.4 is 4.90 Å². The van der Waals surface area contributed by atoms with Gasteiger partial charge in [0.2, 0.25) is 11.0 Å². The highest BCUT2D eigenvalue weighted by Gasteiger charge is 2.33. The van der Waals surface area contributed by atoms with Crippen LogP contribution in [-0.4, -0.2) is 58.6 Å². The first-order valence-corrected chi connectivity index (χ1v) is 11.4. The molecule has 0 bridgehead atoms. The molecule has 156 valence electrons. The summed E-state index contributed by atoms with van der Waals surface area (Å²) in [6.45, 7) is 7.08. The number of anilines is 1. The molecule has 3 heterocycles. The lowest BCUT2D eigenvalue weighted by molar-refractivity contribution is -0.147. The molecule has 2 aliphatic rings. The summed E-state index contributed by atoms with van der Waals surface area (Å²) >= 11 is 7.38. The number of rotatable bonds is 4. The predicted molar refractivity (Wildman–Crippen MR) is 116 cm³/mol. The molecule has 2 saturated heterocycles. The number of nitrogens with zero attached hydrogens (tertiary/aromatic N) is 4. The van der Waals surface area contributed by atoms with Crippen molar-refractivity contribution in [3.63, 3.8) is 0 Å². The fourth-order valence-corrected chi connectivity index (χ4v) is 5.04. The molecule has 1 aromatic heterocycles. The van der Waals surface area contributed by atoms with Crippen LogP contribution in [0.3, 0.4) is 0 Å². The molecule has 0 saturated carbocycles. The Morgan fingerprint density at radius 2 is 1.93 bits per heavy atom. The number of aromatic nitrogens is 2. The number of ether oxygens (including phenoxy) is 1. The standard InChI is InChI=1S/C21H27ClN4O2S/c1-14-11-26(12-15(2)28-14)20(27)17-4-3-9-25(13-17)21-23-19(24-29-21)10-16-5-7-18(22)8-6-16/h5-8,14-15,17H,3-4,9-13H2,1-2H3. The van der Waals surface area contributed by atoms with E-state index in [2.05, 4.69) is 9.27 Å². The molecule has 1 aromatic carbocycles. The van der Waals surface area contributed by atoms with E-state index in [1.807, 2.05) is 43.0 Å². The third-order valence-electron chi connectivity index (χ3n) is 5.51. The fraction of sp³-hybridized carbons (Fsp3) is 0.571. The minimum atomic E-state index is 0.0184. The summed E-state index contributed by atoms with van der Waals surface area (Å²) in [6.07, 6.45) is 2.82. The van der Waals surface area contributed by atoms with Gasteiger partial charge in [0.25, 0.3) is 0 Å². The first-order valence-electron chi connectivity index (χ1n) is 10.2. The average Bonchev–Trinajstić information content (AvgIpc) is 3.17. The second-order valence-corrected chi connectivity index (χ2v) is 9.25. The van der Waals surface area contributed by atoms with Gasteiger partial charge in [-0.3, -0.25) is 4.79 Å². The van der Waals surface area contributed by atoms with Gasteiger partial charge >= 0.3 is 0 Å². The van der Waals surface area contributed by atoms with E-state index in [4.69, 9.17) is 21.3 Å². The van der Waals surface area contributed by atoms with Crippen LogP contribution in [0.15, 0.2) is 24.3 Å². The van der Waals surface area contributed by atoms with E-state index in [-0.39, 0.29) is 24.0 Å². The van der Waals surface area contributed by atoms with E-state index in [9.17, 15) is 4.79 Å². The third kappa shape index (κ3) is 5.08. The molecule has 2 fully saturated rings. The SMILES string of the molecule is CC1CN(C(=O)C2CCCN(c3nc(Cc4ccc(Cl)cc4)ns3)C2)CC(C)O1. The summed E-state index contributed by atoms with van der Waals surface area (Å²) < 4.78 is 10.3. The Morgan fingerprint density at radius 1 is 1.21 bits per heavy atom. The maximum atomic E-state index is 13.1. The number of benzene rings is 1. The van der Waals surface area contributed by atoms with Gasteiger partial charge < -0.3 is 14.5 Å². The van der Waals surface area contributed by atoms with Gasteiger partial charge in [-0.15, -0.1) is 0 Å². The van der Waals surface area contributed by atoms with Gasteiger partial charge in [-0.2, -0.15) is 4.37 Å². The Labute approximate surface area is 181 Å². The van der Waals surface area contributed by atoms with E-state index in [0.29, 0.717) is 26.1 Å². The number of halogens is 1. The second kappa shape index (κ2) is 8.98. The van der Waals surface area contributed by atoms with Gasteiger partial charge in [0, 0.05) is 49.2 Å². The Morgan fingerprint density at radius 3 is 2.66 bits per heavy atom. The van der Waals surface area contributed by atoms with Crippen molar-refractivity contribution < 1.29 is 9.53 Å². The van der Waals surface area contributed by atoms with Crippen LogP contribution in [0.2, 0.25) is 5.02 Å². The van der Waals surface area contributed by atoms with Gasteiger partial charge in [0.05, 0.1) is 18.1 Å². The summed E-state index contributed by atoms with van der Waals surface area (Å²) in [5.41, 5.74) is 1.14. The van der Waals surface area contributed by atoms with E-state index in [1.54, 1.807) is 0 Å². The molecule has 0 radical (unpaired) electrons. The highest BCUT2D eigenvalue weighted by atomic mass is 35.5. The largest absolute Gasteiger partial charge is 0.372 e. The first kappa shape index (κ1) is 20.6. The van der Waals surface area contributed by atoms with Crippen molar-refractivity contribution >= 4 is 34.2 Å². The van der Waals surface area contributed by atoms with E-state index < -0.39 is 0 Å². The molecule has 29 heavy (non-hydrogen) atoms. The fourth-order valence-electron chi connectivity index (χ4n) is 4.20. The lowest BCUT2D eigenvalue weighted by Crippen LogP contribution is -2.52. The van der Waals surface area contributed by atoms with Crippen LogP contribution >= 0.6 is 23.1 Å². The van der Waals surface area contributed by atoms with E-state index in [0.717, 1.165) is 40.9 Å². The molecule has 3 atom stereocenters. The zero-order valence-corrected chi connectivity index (χ0v) is 18.5. The Hall–Kier alpha value is -1.70. The summed E-state index contributed by atoms with van der Waals surface area (Å²) in [5, 5.41) is 1.64. The number of piperidine rings is 1. The van der Waals surface area contributed by atoms with Gasteiger partial charge in [-0.05, 0) is 44.4 Å². The quantitative estimate of drug-likeness (QED) is 0.735. The normalized spacial score (nSPS) is 25.3. The third-order valence-corrected chi connectivity index (χ3v) is 6.57. The van der Waals surface area contributed by atoms with Gasteiger partial charge in [-0.1, -0.05) is 23.7 Å². The highest BCUT2D eigenvalue weighted by molar-refractivity contribution is 7.09. The maximum absolute atomic E-state index is 13.1. The highest BCUT2D eigenvalue weighted by Crippen LogP contribution is 2.27. The Kier molecular flexibility index (Phi) is 6.37. The van der Waals surface area contributed by atoms with Crippen LogP contribution in [0.5, 0.6) is 0 Å². The first-order chi connectivity index (χ1) is 14.0. The molecule has 4 rings (SSSR count). The number of hydrogen-bond donors (Lipinski definition) is 0. The number of carbonyl (C=O) groups excluding carboxylic acids is 1. The molecular weight excluding hydrogens is 408 g/mol. The summed E-state index contributed by atoms with van der Waals surface area (Å²) in [4.78, 5) is 22.0. The number of hydrogen-bond acceptors (Lipinski definition) is 6. The monoisotopic (exact) mass is 434 g/mol. The zero-order chi connectivity index (χ0) is 20.4. The number of carbonyl (C=O) groups is 1. The van der Waals surface area contributed by atoms with Gasteiger partial charge in [0.1, 0.15) is 5.82 Å². The van der Waals surface area contributed by atoms with Crippen molar-refractivity contribution in [3.8, 4) is 0 Å². The number of amides is 1. The molecule has 3 unspecified atom stereocenters. The summed E-state index contributed by atoms with van der Waals surface area (Å²) in [5.74, 6) is 1.09. The van der Waals surface area contributed by atoms with Crippen LogP contribution in [0, 0.1) is 5.92 Å². The van der Waals surface area contributed by atoms with Crippen LogP contribution in [0.1, 0.15) is 38.1 Å². The van der Waals surface area contributed by atoms with Crippen molar-refractivity contribution in [2.24, 2.45) is 5.92 Å². The molecule has 0 N–H and O–H groups in total. The van der Waals surface area contributed by atoms with Gasteiger partial charge in [-0.25, -0.2) is 4.98 Å². The zero-order valence-electron chi connectivity index (χ0n) is 16.9. The summed E-state index contributed by atoms with van der Waals surface area (Å²) in [6, 6.07) is 7.78. The molecule has 2 aliphatic heterocycles. The lowest BCUT2D eigenvalue weighted by atomic mass is 9.96. The second-order valence-electron chi connectivity index (χ2n) is 8.08. The van der Waals surface area contributed by atoms with Gasteiger partial charge in [0.15, 0.2) is 0 Å². The van der Waals surface area contributed by atoms with Crippen molar-refractivity contribution in [2.75, 3.05) is 31.1 Å².